The first-order valence-corrected chi connectivity index (χ1v) is 8.09. The summed E-state index contributed by atoms with van der Waals surface area (Å²) in [6.07, 6.45) is -2.25. The van der Waals surface area contributed by atoms with Crippen LogP contribution in [0.25, 0.3) is 0 Å². The highest BCUT2D eigenvalue weighted by molar-refractivity contribution is 7.81. The van der Waals surface area contributed by atoms with Crippen LogP contribution in [0.4, 0.5) is 0 Å². The van der Waals surface area contributed by atoms with E-state index in [1.54, 1.807) is 0 Å². The van der Waals surface area contributed by atoms with Gasteiger partial charge in [-0.05, 0) is 27.7 Å². The first kappa shape index (κ1) is 25.2. The standard InChI is InChI=1S/C16H22O10S/c1-6(17)11(22)13(27)15(25,9(4)20)16(26,10(5)21)14(24,8(3)19)12(23)7(2)18/h11,13,22,24-27H,1-5H3/t11?,13-,14-,15+,16+/m0/s1. The Kier molecular flexibility index (Phi) is 7.53. The fourth-order valence-electron chi connectivity index (χ4n) is 2.76. The van der Waals surface area contributed by atoms with Crippen LogP contribution < -0.4 is 0 Å². The maximum Gasteiger partial charge on any atom is 0.240 e. The summed E-state index contributed by atoms with van der Waals surface area (Å²) in [4.78, 5) is 71.7. The molecule has 0 spiro atoms. The van der Waals surface area contributed by atoms with Crippen LogP contribution in [0.2, 0.25) is 0 Å². The fraction of sp³-hybridized carbons (Fsp3) is 0.625. The van der Waals surface area contributed by atoms with Gasteiger partial charge in [0.05, 0.1) is 5.25 Å². The topological polar surface area (TPSA) is 183 Å². The van der Waals surface area contributed by atoms with Crippen LogP contribution in [-0.2, 0) is 28.8 Å². The summed E-state index contributed by atoms with van der Waals surface area (Å²) in [5.41, 5.74) is -11.4. The van der Waals surface area contributed by atoms with Crippen molar-refractivity contribution in [2.75, 3.05) is 0 Å². The van der Waals surface area contributed by atoms with Crippen molar-refractivity contribution >= 4 is 47.3 Å². The van der Waals surface area contributed by atoms with Crippen LogP contribution >= 0.6 is 12.6 Å². The number of rotatable bonds is 10. The van der Waals surface area contributed by atoms with Crippen LogP contribution in [0.5, 0.6) is 0 Å². The van der Waals surface area contributed by atoms with Crippen LogP contribution in [0.1, 0.15) is 34.6 Å². The Hall–Kier alpha value is -1.79. The van der Waals surface area contributed by atoms with Crippen LogP contribution in [0.3, 0.4) is 0 Å². The maximum absolute atomic E-state index is 12.3. The summed E-state index contributed by atoms with van der Waals surface area (Å²) < 4.78 is 0. The number of carbonyl (C=O) groups is 6. The highest BCUT2D eigenvalue weighted by atomic mass is 32.1. The van der Waals surface area contributed by atoms with Crippen molar-refractivity contribution in [3.05, 3.63) is 0 Å². The number of ketones is 6. The molecule has 27 heavy (non-hydrogen) atoms. The van der Waals surface area contributed by atoms with E-state index in [1.165, 1.54) is 0 Å². The number of aliphatic hydroxyl groups excluding tert-OH is 1. The van der Waals surface area contributed by atoms with Crippen LogP contribution in [0, 0.1) is 0 Å². The van der Waals surface area contributed by atoms with Gasteiger partial charge >= 0.3 is 0 Å². The van der Waals surface area contributed by atoms with Gasteiger partial charge in [-0.3, -0.25) is 28.8 Å². The Labute approximate surface area is 160 Å². The summed E-state index contributed by atoms with van der Waals surface area (Å²) in [6, 6.07) is 0. The van der Waals surface area contributed by atoms with E-state index in [-0.39, 0.29) is 0 Å². The third-order valence-corrected chi connectivity index (χ3v) is 5.08. The monoisotopic (exact) mass is 406 g/mol. The molecule has 0 rings (SSSR count). The van der Waals surface area contributed by atoms with E-state index in [2.05, 4.69) is 12.6 Å². The van der Waals surface area contributed by atoms with Gasteiger partial charge in [0.15, 0.2) is 34.5 Å². The number of hydrogen-bond donors (Lipinski definition) is 5. The number of hydrogen-bond acceptors (Lipinski definition) is 11. The van der Waals surface area contributed by atoms with Gasteiger partial charge in [0.25, 0.3) is 0 Å². The number of aliphatic hydroxyl groups is 4. The van der Waals surface area contributed by atoms with Crippen molar-refractivity contribution in [2.45, 2.75) is 62.8 Å². The van der Waals surface area contributed by atoms with Crippen molar-refractivity contribution in [3.8, 4) is 0 Å². The van der Waals surface area contributed by atoms with Crippen molar-refractivity contribution in [3.63, 3.8) is 0 Å². The summed E-state index contributed by atoms with van der Waals surface area (Å²) in [7, 11) is 0. The second kappa shape index (κ2) is 8.07. The normalized spacial score (nSPS) is 20.2. The molecule has 0 aromatic rings. The summed E-state index contributed by atoms with van der Waals surface area (Å²) >= 11 is 3.72. The number of Topliss-reactive ketones (excluding diaryl/α,β-unsaturated/α-hetero) is 6. The molecule has 0 aliphatic carbocycles. The minimum Gasteiger partial charge on any atom is -0.384 e. The maximum atomic E-state index is 12.3. The van der Waals surface area contributed by atoms with E-state index in [1.807, 2.05) is 0 Å². The molecule has 1 unspecified atom stereocenters. The Balaban J connectivity index is 7.28. The van der Waals surface area contributed by atoms with Crippen molar-refractivity contribution < 1.29 is 49.2 Å². The highest BCUT2D eigenvalue weighted by Crippen LogP contribution is 2.41. The molecule has 0 saturated heterocycles. The first-order chi connectivity index (χ1) is 11.9. The van der Waals surface area contributed by atoms with E-state index >= 15 is 0 Å². The van der Waals surface area contributed by atoms with E-state index in [0.717, 1.165) is 6.92 Å². The van der Waals surface area contributed by atoms with Gasteiger partial charge in [-0.2, -0.15) is 12.6 Å². The molecule has 0 aromatic heterocycles. The lowest BCUT2D eigenvalue weighted by atomic mass is 9.61. The molecule has 0 aliphatic rings. The molecule has 10 nitrogen and oxygen atoms in total. The third-order valence-electron chi connectivity index (χ3n) is 4.42. The molecule has 11 heteroatoms. The third kappa shape index (κ3) is 3.52. The minimum absolute atomic E-state index is 0.524. The van der Waals surface area contributed by atoms with Crippen LogP contribution in [0.15, 0.2) is 0 Å². The lowest BCUT2D eigenvalue weighted by molar-refractivity contribution is -0.228. The quantitative estimate of drug-likeness (QED) is 0.146. The Morgan fingerprint density at radius 2 is 1.19 bits per heavy atom. The van der Waals surface area contributed by atoms with E-state index in [4.69, 9.17) is 0 Å². The lowest BCUT2D eigenvalue weighted by Gasteiger charge is -2.49. The second-order valence-corrected chi connectivity index (χ2v) is 6.80. The predicted octanol–water partition coefficient (Wildman–Crippen LogP) is -2.65. The zero-order chi connectivity index (χ0) is 22.1. The first-order valence-electron chi connectivity index (χ1n) is 7.57. The number of thiol groups is 1. The Morgan fingerprint density at radius 1 is 0.778 bits per heavy atom. The molecule has 0 aliphatic heterocycles. The molecule has 5 atom stereocenters. The highest BCUT2D eigenvalue weighted by Gasteiger charge is 2.75. The van der Waals surface area contributed by atoms with Crippen molar-refractivity contribution in [1.82, 2.24) is 0 Å². The number of carbonyl (C=O) groups excluding carboxylic acids is 6. The van der Waals surface area contributed by atoms with Crippen molar-refractivity contribution in [2.24, 2.45) is 0 Å². The molecule has 0 bridgehead atoms. The summed E-state index contributed by atoms with van der Waals surface area (Å²) in [6.45, 7) is 3.11. The molecule has 0 heterocycles. The lowest BCUT2D eigenvalue weighted by Crippen LogP contribution is -2.82. The van der Waals surface area contributed by atoms with Gasteiger partial charge in [0, 0.05) is 6.92 Å². The minimum atomic E-state index is -3.94. The molecule has 0 radical (unpaired) electrons. The second-order valence-electron chi connectivity index (χ2n) is 6.24. The largest absolute Gasteiger partial charge is 0.384 e. The smallest absolute Gasteiger partial charge is 0.240 e. The Bertz CT molecular complexity index is 716. The van der Waals surface area contributed by atoms with Gasteiger partial charge in [0.2, 0.25) is 17.0 Å². The average molecular weight is 406 g/mol. The molecular formula is C16H22O10S. The average Bonchev–Trinajstić information content (AvgIpc) is 2.56. The van der Waals surface area contributed by atoms with E-state index in [0.29, 0.717) is 27.7 Å². The van der Waals surface area contributed by atoms with Gasteiger partial charge < -0.3 is 20.4 Å². The molecular weight excluding hydrogens is 384 g/mol. The zero-order valence-corrected chi connectivity index (χ0v) is 16.2. The van der Waals surface area contributed by atoms with Gasteiger partial charge in [-0.15, -0.1) is 0 Å². The van der Waals surface area contributed by atoms with Crippen molar-refractivity contribution in [1.29, 1.82) is 0 Å². The molecule has 152 valence electrons. The summed E-state index contributed by atoms with van der Waals surface area (Å²) in [5.74, 6) is -9.33. The molecule has 0 fully saturated rings. The fourth-order valence-corrected chi connectivity index (χ4v) is 3.34. The van der Waals surface area contributed by atoms with Gasteiger partial charge in [-0.25, -0.2) is 0 Å². The molecule has 4 N–H and O–H groups in total. The SMILES string of the molecule is CC(=O)C(=O)[C@@](O)(C(C)=O)[C@](O)(C(C)=O)[C@@](O)(C(C)=O)[C@@H](S)C(O)C(C)=O. The van der Waals surface area contributed by atoms with Gasteiger partial charge in [0.1, 0.15) is 6.10 Å². The molecule has 0 saturated carbocycles. The zero-order valence-electron chi connectivity index (χ0n) is 15.3. The molecule has 0 aromatic carbocycles. The predicted molar refractivity (Wildman–Crippen MR) is 92.0 cm³/mol. The molecule has 0 amide bonds. The van der Waals surface area contributed by atoms with E-state index < -0.39 is 62.9 Å². The summed E-state index contributed by atoms with van der Waals surface area (Å²) in [5, 5.41) is 40.2. The van der Waals surface area contributed by atoms with Crippen LogP contribution in [-0.4, -0.2) is 83.3 Å². The Morgan fingerprint density at radius 3 is 1.41 bits per heavy atom. The van der Waals surface area contributed by atoms with E-state index in [9.17, 15) is 49.2 Å². The van der Waals surface area contributed by atoms with Gasteiger partial charge in [-0.1, -0.05) is 0 Å².